The van der Waals surface area contributed by atoms with Gasteiger partial charge in [-0.15, -0.1) is 20.4 Å². The molecule has 0 aliphatic carbocycles. The maximum atomic E-state index is 12.2. The lowest BCUT2D eigenvalue weighted by Gasteiger charge is -2.00. The van der Waals surface area contributed by atoms with Gasteiger partial charge in [-0.3, -0.25) is 10.1 Å². The number of hydrogen-bond acceptors (Lipinski definition) is 9. The van der Waals surface area contributed by atoms with Gasteiger partial charge in [0.25, 0.3) is 5.22 Å². The Bertz CT molecular complexity index is 1100. The van der Waals surface area contributed by atoms with Gasteiger partial charge < -0.3 is 9.15 Å². The molecule has 0 saturated heterocycles. The molecule has 0 saturated carbocycles. The van der Waals surface area contributed by atoms with Gasteiger partial charge in [0, 0.05) is 11.1 Å². The Labute approximate surface area is 174 Å². The van der Waals surface area contributed by atoms with Crippen LogP contribution in [0.25, 0.3) is 22.0 Å². The minimum absolute atomic E-state index is 0.119. The van der Waals surface area contributed by atoms with Crippen LogP contribution in [0.3, 0.4) is 0 Å². The standard InChI is InChI=1S/C19H15N5O3S2/c1-26-14-9-7-13(8-10-14)17-22-23-18(29-17)20-15(25)11-28-19-24-21-16(27-19)12-5-3-2-4-6-12/h2-10H,11H2,1H3,(H,20,23,25). The number of thioether (sulfide) groups is 1. The van der Waals surface area contributed by atoms with E-state index in [1.807, 2.05) is 54.6 Å². The van der Waals surface area contributed by atoms with Crippen LogP contribution >= 0.6 is 23.1 Å². The fraction of sp³-hybridized carbons (Fsp3) is 0.105. The lowest BCUT2D eigenvalue weighted by molar-refractivity contribution is -0.113. The van der Waals surface area contributed by atoms with Gasteiger partial charge in [-0.1, -0.05) is 41.3 Å². The van der Waals surface area contributed by atoms with E-state index >= 15 is 0 Å². The topological polar surface area (TPSA) is 103 Å². The molecule has 1 N–H and O–H groups in total. The third kappa shape index (κ3) is 4.79. The Morgan fingerprint density at radius 2 is 1.83 bits per heavy atom. The molecule has 2 aromatic heterocycles. The Morgan fingerprint density at radius 3 is 2.59 bits per heavy atom. The number of methoxy groups -OCH3 is 1. The van der Waals surface area contributed by atoms with Crippen molar-refractivity contribution in [2.24, 2.45) is 0 Å². The van der Waals surface area contributed by atoms with Crippen molar-refractivity contribution >= 4 is 34.1 Å². The fourth-order valence-electron chi connectivity index (χ4n) is 2.37. The molecule has 0 atom stereocenters. The van der Waals surface area contributed by atoms with Gasteiger partial charge in [0.15, 0.2) is 0 Å². The molecule has 0 fully saturated rings. The quantitative estimate of drug-likeness (QED) is 0.443. The molecular formula is C19H15N5O3S2. The highest BCUT2D eigenvalue weighted by Gasteiger charge is 2.13. The number of benzene rings is 2. The number of aromatic nitrogens is 4. The number of anilines is 1. The van der Waals surface area contributed by atoms with Gasteiger partial charge in [-0.05, 0) is 36.4 Å². The monoisotopic (exact) mass is 425 g/mol. The molecule has 0 aliphatic heterocycles. The van der Waals surface area contributed by atoms with Gasteiger partial charge in [-0.25, -0.2) is 0 Å². The molecule has 8 nitrogen and oxygen atoms in total. The second-order valence-electron chi connectivity index (χ2n) is 5.72. The summed E-state index contributed by atoms with van der Waals surface area (Å²) in [6.07, 6.45) is 0. The van der Waals surface area contributed by atoms with Crippen molar-refractivity contribution in [2.75, 3.05) is 18.2 Å². The second-order valence-corrected chi connectivity index (χ2v) is 7.62. The molecule has 0 aliphatic rings. The van der Waals surface area contributed by atoms with Gasteiger partial charge in [0.05, 0.1) is 12.9 Å². The lowest BCUT2D eigenvalue weighted by atomic mass is 10.2. The van der Waals surface area contributed by atoms with E-state index in [0.717, 1.165) is 28.6 Å². The molecule has 0 bridgehead atoms. The Hall–Kier alpha value is -3.24. The number of amides is 1. The molecule has 4 aromatic rings. The third-order valence-corrected chi connectivity index (χ3v) is 5.47. The van der Waals surface area contributed by atoms with E-state index in [2.05, 4.69) is 25.7 Å². The molecular weight excluding hydrogens is 410 g/mol. The Morgan fingerprint density at radius 1 is 1.03 bits per heavy atom. The number of carbonyl (C=O) groups excluding carboxylic acids is 1. The zero-order valence-electron chi connectivity index (χ0n) is 15.2. The van der Waals surface area contributed by atoms with Crippen LogP contribution in [0.15, 0.2) is 64.2 Å². The average molecular weight is 425 g/mol. The molecule has 29 heavy (non-hydrogen) atoms. The van der Waals surface area contributed by atoms with Crippen molar-refractivity contribution in [3.63, 3.8) is 0 Å². The highest BCUT2D eigenvalue weighted by atomic mass is 32.2. The van der Waals surface area contributed by atoms with E-state index in [9.17, 15) is 4.79 Å². The molecule has 0 radical (unpaired) electrons. The average Bonchev–Trinajstić information content (AvgIpc) is 3.43. The van der Waals surface area contributed by atoms with Crippen LogP contribution < -0.4 is 10.1 Å². The zero-order chi connectivity index (χ0) is 20.1. The second kappa shape index (κ2) is 8.84. The third-order valence-electron chi connectivity index (χ3n) is 3.76. The summed E-state index contributed by atoms with van der Waals surface area (Å²) in [5, 5.41) is 20.3. The van der Waals surface area contributed by atoms with Gasteiger partial charge in [0.2, 0.25) is 16.9 Å². The molecule has 1 amide bonds. The van der Waals surface area contributed by atoms with Crippen molar-refractivity contribution in [3.05, 3.63) is 54.6 Å². The first-order valence-corrected chi connectivity index (χ1v) is 10.3. The number of nitrogens with zero attached hydrogens (tertiary/aromatic N) is 4. The van der Waals surface area contributed by atoms with E-state index in [1.54, 1.807) is 7.11 Å². The van der Waals surface area contributed by atoms with Gasteiger partial charge >= 0.3 is 0 Å². The van der Waals surface area contributed by atoms with Crippen molar-refractivity contribution < 1.29 is 13.9 Å². The van der Waals surface area contributed by atoms with Crippen LogP contribution in [-0.2, 0) is 4.79 Å². The van der Waals surface area contributed by atoms with Gasteiger partial charge in [0.1, 0.15) is 10.8 Å². The van der Waals surface area contributed by atoms with E-state index < -0.39 is 0 Å². The molecule has 2 heterocycles. The zero-order valence-corrected chi connectivity index (χ0v) is 16.9. The first kappa shape index (κ1) is 19.1. The van der Waals surface area contributed by atoms with E-state index in [-0.39, 0.29) is 11.7 Å². The van der Waals surface area contributed by atoms with Crippen LogP contribution in [0.5, 0.6) is 5.75 Å². The van der Waals surface area contributed by atoms with Gasteiger partial charge in [-0.2, -0.15) is 0 Å². The summed E-state index contributed by atoms with van der Waals surface area (Å²) in [4.78, 5) is 12.2. The summed E-state index contributed by atoms with van der Waals surface area (Å²) in [7, 11) is 1.61. The van der Waals surface area contributed by atoms with E-state index in [0.29, 0.717) is 21.3 Å². The predicted octanol–water partition coefficient (Wildman–Crippen LogP) is 3.99. The maximum absolute atomic E-state index is 12.2. The smallest absolute Gasteiger partial charge is 0.277 e. The van der Waals surface area contributed by atoms with Crippen LogP contribution in [-0.4, -0.2) is 39.2 Å². The molecule has 4 rings (SSSR count). The van der Waals surface area contributed by atoms with Crippen molar-refractivity contribution in [2.45, 2.75) is 5.22 Å². The SMILES string of the molecule is COc1ccc(-c2nnc(NC(=O)CSc3nnc(-c4ccccc4)o3)s2)cc1. The molecule has 10 heteroatoms. The Balaban J connectivity index is 1.32. The molecule has 146 valence electrons. The number of hydrogen-bond donors (Lipinski definition) is 1. The van der Waals surface area contributed by atoms with Crippen molar-refractivity contribution in [1.82, 2.24) is 20.4 Å². The molecule has 2 aromatic carbocycles. The molecule has 0 unspecified atom stereocenters. The largest absolute Gasteiger partial charge is 0.497 e. The normalized spacial score (nSPS) is 10.7. The number of ether oxygens (including phenoxy) is 1. The summed E-state index contributed by atoms with van der Waals surface area (Å²) in [6.45, 7) is 0. The summed E-state index contributed by atoms with van der Waals surface area (Å²) in [6, 6.07) is 16.9. The minimum atomic E-state index is -0.230. The number of carbonyl (C=O) groups is 1. The van der Waals surface area contributed by atoms with Crippen LogP contribution in [0.2, 0.25) is 0 Å². The van der Waals surface area contributed by atoms with Crippen LogP contribution in [0, 0.1) is 0 Å². The van der Waals surface area contributed by atoms with Crippen LogP contribution in [0.4, 0.5) is 5.13 Å². The minimum Gasteiger partial charge on any atom is -0.497 e. The van der Waals surface area contributed by atoms with E-state index in [1.165, 1.54) is 11.3 Å². The van der Waals surface area contributed by atoms with Crippen molar-refractivity contribution in [3.8, 4) is 27.8 Å². The summed E-state index contributed by atoms with van der Waals surface area (Å²) >= 11 is 2.46. The lowest BCUT2D eigenvalue weighted by Crippen LogP contribution is -2.13. The molecule has 0 spiro atoms. The fourth-order valence-corrected chi connectivity index (χ4v) is 3.70. The summed E-state index contributed by atoms with van der Waals surface area (Å²) in [5.41, 5.74) is 1.73. The summed E-state index contributed by atoms with van der Waals surface area (Å²) in [5.74, 6) is 1.07. The van der Waals surface area contributed by atoms with E-state index in [4.69, 9.17) is 9.15 Å². The highest BCUT2D eigenvalue weighted by molar-refractivity contribution is 7.99. The van der Waals surface area contributed by atoms with Crippen molar-refractivity contribution in [1.29, 1.82) is 0 Å². The van der Waals surface area contributed by atoms with Crippen LogP contribution in [0.1, 0.15) is 0 Å². The highest BCUT2D eigenvalue weighted by Crippen LogP contribution is 2.28. The maximum Gasteiger partial charge on any atom is 0.277 e. The predicted molar refractivity (Wildman–Crippen MR) is 111 cm³/mol. The first-order valence-electron chi connectivity index (χ1n) is 8.51. The summed E-state index contributed by atoms with van der Waals surface area (Å²) < 4.78 is 10.7. The Kier molecular flexibility index (Phi) is 5.82. The number of rotatable bonds is 7. The first-order chi connectivity index (χ1) is 14.2. The number of nitrogens with one attached hydrogen (secondary N) is 1.